The van der Waals surface area contributed by atoms with Crippen molar-refractivity contribution in [3.8, 4) is 6.07 Å². The highest BCUT2D eigenvalue weighted by molar-refractivity contribution is 7.92. The van der Waals surface area contributed by atoms with Crippen molar-refractivity contribution in [3.05, 3.63) is 23.2 Å². The first-order valence-corrected chi connectivity index (χ1v) is 14.7. The summed E-state index contributed by atoms with van der Waals surface area (Å²) in [5.41, 5.74) is -3.41. The van der Waals surface area contributed by atoms with Gasteiger partial charge in [-0.25, -0.2) is 17.2 Å². The van der Waals surface area contributed by atoms with Gasteiger partial charge in [-0.15, -0.1) is 0 Å². The number of hydrogen-bond donors (Lipinski definition) is 1. The Hall–Kier alpha value is -2.66. The maximum Gasteiger partial charge on any atom is 0.403 e. The Bertz CT molecular complexity index is 1380. The van der Waals surface area contributed by atoms with Crippen LogP contribution in [0, 0.1) is 16.7 Å². The molecule has 2 aliphatic heterocycles. The second-order valence-electron chi connectivity index (χ2n) is 11.1. The third kappa shape index (κ3) is 5.00. The van der Waals surface area contributed by atoms with Crippen LogP contribution < -0.4 is 10.2 Å². The maximum absolute atomic E-state index is 13.8. The molecule has 40 heavy (non-hydrogen) atoms. The quantitative estimate of drug-likeness (QED) is 0.492. The van der Waals surface area contributed by atoms with Crippen molar-refractivity contribution in [2.75, 3.05) is 24.5 Å². The highest BCUT2D eigenvalue weighted by Gasteiger charge is 2.70. The first-order chi connectivity index (χ1) is 18.5. The normalized spacial score (nSPS) is 26.6. The predicted molar refractivity (Wildman–Crippen MR) is 132 cm³/mol. The molecule has 2 saturated heterocycles. The van der Waals surface area contributed by atoms with Crippen LogP contribution in [0.5, 0.6) is 0 Å². The second kappa shape index (κ2) is 9.44. The van der Waals surface area contributed by atoms with Gasteiger partial charge in [-0.05, 0) is 50.3 Å². The lowest BCUT2D eigenvalue weighted by Gasteiger charge is -2.33. The average Bonchev–Trinajstić information content (AvgIpc) is 3.79. The van der Waals surface area contributed by atoms with Gasteiger partial charge in [0.1, 0.15) is 17.0 Å². The minimum atomic E-state index is -4.87. The molecule has 218 valence electrons. The molecular weight excluding hydrogens is 583 g/mol. The minimum absolute atomic E-state index is 0.0387. The fourth-order valence-electron chi connectivity index (χ4n) is 5.41. The van der Waals surface area contributed by atoms with Crippen LogP contribution in [0.4, 0.5) is 27.6 Å². The van der Waals surface area contributed by atoms with Crippen LogP contribution in [0.25, 0.3) is 0 Å². The Balaban J connectivity index is 1.40. The zero-order chi connectivity index (χ0) is 29.3. The lowest BCUT2D eigenvalue weighted by atomic mass is 10.0. The molecule has 4 fully saturated rings. The van der Waals surface area contributed by atoms with Crippen LogP contribution in [0.3, 0.4) is 0 Å². The number of piperidine rings is 1. The fraction of sp³-hybridized carbons (Fsp3) is 0.640. The molecule has 8 nitrogen and oxygen atoms in total. The van der Waals surface area contributed by atoms with Gasteiger partial charge in [-0.3, -0.25) is 9.59 Å². The number of alkyl halides is 5. The fourth-order valence-corrected chi connectivity index (χ4v) is 7.65. The molecule has 0 spiro atoms. The Morgan fingerprint density at radius 3 is 2.20 bits per heavy atom. The van der Waals surface area contributed by atoms with Crippen molar-refractivity contribution in [1.82, 2.24) is 10.2 Å². The van der Waals surface area contributed by atoms with Crippen LogP contribution in [0.15, 0.2) is 23.1 Å². The number of benzene rings is 1. The van der Waals surface area contributed by atoms with Gasteiger partial charge in [0, 0.05) is 38.2 Å². The van der Waals surface area contributed by atoms with Crippen molar-refractivity contribution >= 4 is 38.9 Å². The third-order valence-electron chi connectivity index (χ3n) is 8.38. The summed E-state index contributed by atoms with van der Waals surface area (Å²) < 4.78 is 95.7. The van der Waals surface area contributed by atoms with Crippen LogP contribution in [-0.2, 0) is 19.4 Å². The number of likely N-dealkylation sites (tertiary alicyclic amines) is 1. The topological polar surface area (TPSA) is 111 Å². The first kappa shape index (κ1) is 28.9. The van der Waals surface area contributed by atoms with Crippen molar-refractivity contribution < 1.29 is 40.0 Å². The molecule has 2 atom stereocenters. The van der Waals surface area contributed by atoms with Crippen LogP contribution in [0.2, 0.25) is 5.02 Å². The molecule has 0 bridgehead atoms. The van der Waals surface area contributed by atoms with E-state index in [4.69, 9.17) is 11.6 Å². The molecule has 1 N–H and O–H groups in total. The standard InChI is InChI=1S/C25H26ClF5N4O4S/c26-17-11-15(34-9-7-24(27,28)8-10-34)1-2-19(17)40(38,39)16-12-18(20(36)33-22(14-32)3-4-22)35(13-16)21(37)23(5-6-23)25(29,30)31/h1-2,11,16,18H,3-10,12-13H2,(H,33,36)/t16-,18+/m1/s1. The summed E-state index contributed by atoms with van der Waals surface area (Å²) in [5.74, 6) is -5.02. The van der Waals surface area contributed by atoms with E-state index in [0.29, 0.717) is 23.4 Å². The van der Waals surface area contributed by atoms with Crippen molar-refractivity contribution in [2.45, 2.75) is 78.8 Å². The maximum atomic E-state index is 13.8. The van der Waals surface area contributed by atoms with E-state index < -0.39 is 81.8 Å². The molecule has 0 radical (unpaired) electrons. The number of nitrogens with one attached hydrogen (secondary N) is 1. The molecule has 1 aromatic carbocycles. The average molecular weight is 609 g/mol. The molecule has 4 aliphatic rings. The van der Waals surface area contributed by atoms with Gasteiger partial charge in [-0.1, -0.05) is 11.6 Å². The smallest absolute Gasteiger partial charge is 0.371 e. The molecule has 5 rings (SSSR count). The zero-order valence-electron chi connectivity index (χ0n) is 21.1. The number of nitrogens with zero attached hydrogens (tertiary/aromatic N) is 3. The van der Waals surface area contributed by atoms with E-state index in [1.165, 1.54) is 18.2 Å². The summed E-state index contributed by atoms with van der Waals surface area (Å²) >= 11 is 6.32. The van der Waals surface area contributed by atoms with Gasteiger partial charge >= 0.3 is 6.18 Å². The highest BCUT2D eigenvalue weighted by Crippen LogP contribution is 2.59. The number of halogens is 6. The first-order valence-electron chi connectivity index (χ1n) is 12.8. The number of carbonyl (C=O) groups excluding carboxylic acids is 2. The van der Waals surface area contributed by atoms with Gasteiger partial charge < -0.3 is 15.1 Å². The lowest BCUT2D eigenvalue weighted by Crippen LogP contribution is -2.53. The van der Waals surface area contributed by atoms with Crippen LogP contribution in [-0.4, -0.2) is 73.7 Å². The van der Waals surface area contributed by atoms with Gasteiger partial charge in [0.2, 0.25) is 11.8 Å². The van der Waals surface area contributed by atoms with Gasteiger partial charge in [0.05, 0.1) is 21.2 Å². The molecule has 0 aromatic heterocycles. The van der Waals surface area contributed by atoms with E-state index >= 15 is 0 Å². The van der Waals surface area contributed by atoms with E-state index in [-0.39, 0.29) is 35.8 Å². The van der Waals surface area contributed by atoms with E-state index in [0.717, 1.165) is 0 Å². The monoisotopic (exact) mass is 608 g/mol. The Labute approximate surface area is 232 Å². The minimum Gasteiger partial charge on any atom is -0.371 e. The molecule has 1 aromatic rings. The Morgan fingerprint density at radius 1 is 1.07 bits per heavy atom. The number of rotatable bonds is 6. The summed E-state index contributed by atoms with van der Waals surface area (Å²) in [7, 11) is -4.35. The van der Waals surface area contributed by atoms with Crippen molar-refractivity contribution in [1.29, 1.82) is 5.26 Å². The van der Waals surface area contributed by atoms with Gasteiger partial charge in [0.25, 0.3) is 5.92 Å². The summed E-state index contributed by atoms with van der Waals surface area (Å²) in [6, 6.07) is 4.35. The van der Waals surface area contributed by atoms with Crippen LogP contribution >= 0.6 is 11.6 Å². The largest absolute Gasteiger partial charge is 0.403 e. The summed E-state index contributed by atoms with van der Waals surface area (Å²) in [4.78, 5) is 28.2. The molecule has 2 heterocycles. The van der Waals surface area contributed by atoms with E-state index in [1.807, 2.05) is 6.07 Å². The third-order valence-corrected chi connectivity index (χ3v) is 11.0. The predicted octanol–water partition coefficient (Wildman–Crippen LogP) is 3.83. The van der Waals surface area contributed by atoms with Crippen molar-refractivity contribution in [2.24, 2.45) is 5.41 Å². The molecule has 2 saturated carbocycles. The SMILES string of the molecule is N#CC1(NC(=O)[C@@H]2C[C@@H](S(=O)(=O)c3ccc(N4CCC(F)(F)CC4)cc3Cl)CN2C(=O)C2(C(F)(F)F)CC2)CC1. The summed E-state index contributed by atoms with van der Waals surface area (Å²) in [6.07, 6.45) is -6.34. The van der Waals surface area contributed by atoms with Gasteiger partial charge in [0.15, 0.2) is 9.84 Å². The number of carbonyl (C=O) groups is 2. The van der Waals surface area contributed by atoms with E-state index in [2.05, 4.69) is 5.32 Å². The second-order valence-corrected chi connectivity index (χ2v) is 13.7. The number of nitriles is 1. The Kier molecular flexibility index (Phi) is 6.81. The van der Waals surface area contributed by atoms with Gasteiger partial charge in [-0.2, -0.15) is 18.4 Å². The van der Waals surface area contributed by atoms with E-state index in [1.54, 1.807) is 4.90 Å². The molecule has 0 unspecified atom stereocenters. The number of amides is 2. The molecular formula is C25H26ClF5N4O4S. The summed E-state index contributed by atoms with van der Waals surface area (Å²) in [5, 5.41) is 10.1. The number of sulfone groups is 1. The molecule has 2 amide bonds. The van der Waals surface area contributed by atoms with Crippen LogP contribution in [0.1, 0.15) is 44.9 Å². The lowest BCUT2D eigenvalue weighted by molar-refractivity contribution is -0.199. The van der Waals surface area contributed by atoms with Crippen molar-refractivity contribution in [3.63, 3.8) is 0 Å². The Morgan fingerprint density at radius 2 is 1.70 bits per heavy atom. The number of hydrogen-bond acceptors (Lipinski definition) is 6. The number of anilines is 1. The zero-order valence-corrected chi connectivity index (χ0v) is 22.7. The molecule has 2 aliphatic carbocycles. The summed E-state index contributed by atoms with van der Waals surface area (Å²) in [6.45, 7) is -0.579. The highest BCUT2D eigenvalue weighted by atomic mass is 35.5. The molecule has 15 heteroatoms. The van der Waals surface area contributed by atoms with E-state index in [9.17, 15) is 45.2 Å².